The number of fused-ring (bicyclic) bond motifs is 1. The molecule has 2 amide bonds. The van der Waals surface area contributed by atoms with Crippen LogP contribution in [0.4, 0.5) is 5.00 Å². The van der Waals surface area contributed by atoms with Crippen LogP contribution >= 0.6 is 34.4 Å². The van der Waals surface area contributed by atoms with Crippen molar-refractivity contribution in [2.24, 2.45) is 5.73 Å². The Labute approximate surface area is 192 Å². The van der Waals surface area contributed by atoms with Gasteiger partial charge in [0.25, 0.3) is 5.91 Å². The largest absolute Gasteiger partial charge is 0.365 e. The smallest absolute Gasteiger partial charge is 0.251 e. The zero-order chi connectivity index (χ0) is 21.5. The first-order valence-corrected chi connectivity index (χ1v) is 13.0. The summed E-state index contributed by atoms with van der Waals surface area (Å²) in [5.74, 6) is 0.324. The molecule has 1 fully saturated rings. The number of aromatic nitrogens is 3. The van der Waals surface area contributed by atoms with E-state index in [2.05, 4.69) is 31.5 Å². The molecule has 0 aliphatic heterocycles. The molecule has 2 aliphatic carbocycles. The Morgan fingerprint density at radius 3 is 2.90 bits per heavy atom. The van der Waals surface area contributed by atoms with E-state index >= 15 is 0 Å². The van der Waals surface area contributed by atoms with E-state index in [-0.39, 0.29) is 11.2 Å². The number of nitrogens with one attached hydrogen (secondary N) is 1. The Morgan fingerprint density at radius 1 is 1.35 bits per heavy atom. The van der Waals surface area contributed by atoms with Crippen LogP contribution in [0.2, 0.25) is 0 Å². The third-order valence-electron chi connectivity index (χ3n) is 5.62. The summed E-state index contributed by atoms with van der Waals surface area (Å²) in [4.78, 5) is 27.4. The third-order valence-corrected chi connectivity index (χ3v) is 8.76. The topological polar surface area (TPSA) is 103 Å². The van der Waals surface area contributed by atoms with Gasteiger partial charge in [-0.2, -0.15) is 0 Å². The first-order valence-electron chi connectivity index (χ1n) is 10.4. The van der Waals surface area contributed by atoms with Gasteiger partial charge in [0.15, 0.2) is 5.16 Å². The van der Waals surface area contributed by atoms with Gasteiger partial charge < -0.3 is 15.6 Å². The number of carbonyl (C=O) groups is 2. The number of rotatable bonds is 8. The average molecular weight is 474 g/mol. The van der Waals surface area contributed by atoms with Crippen molar-refractivity contribution in [3.05, 3.63) is 44.2 Å². The average Bonchev–Trinajstić information content (AvgIpc) is 3.09. The fourth-order valence-electron chi connectivity index (χ4n) is 3.95. The summed E-state index contributed by atoms with van der Waals surface area (Å²) in [7, 11) is 0. The fraction of sp³-hybridized carbons (Fsp3) is 0.429. The van der Waals surface area contributed by atoms with Gasteiger partial charge in [-0.05, 0) is 56.0 Å². The molecule has 3 heterocycles. The van der Waals surface area contributed by atoms with Crippen LogP contribution in [-0.2, 0) is 24.1 Å². The fourth-order valence-corrected chi connectivity index (χ4v) is 6.89. The van der Waals surface area contributed by atoms with Gasteiger partial charge in [-0.3, -0.25) is 9.59 Å². The molecule has 0 unspecified atom stereocenters. The van der Waals surface area contributed by atoms with Crippen molar-refractivity contribution in [2.75, 3.05) is 5.32 Å². The van der Waals surface area contributed by atoms with E-state index in [9.17, 15) is 9.59 Å². The Kier molecular flexibility index (Phi) is 5.61. The highest BCUT2D eigenvalue weighted by atomic mass is 32.2. The predicted molar refractivity (Wildman–Crippen MR) is 124 cm³/mol. The molecule has 7 nitrogen and oxygen atoms in total. The highest BCUT2D eigenvalue weighted by Gasteiger charge is 2.32. The van der Waals surface area contributed by atoms with Crippen LogP contribution in [0, 0.1) is 0 Å². The van der Waals surface area contributed by atoms with E-state index in [1.807, 2.05) is 13.0 Å². The molecule has 0 bridgehead atoms. The van der Waals surface area contributed by atoms with Crippen molar-refractivity contribution in [1.29, 1.82) is 0 Å². The van der Waals surface area contributed by atoms with Gasteiger partial charge in [0.1, 0.15) is 10.8 Å². The second kappa shape index (κ2) is 8.40. The Bertz CT molecular complexity index is 1130. The molecule has 3 aromatic heterocycles. The minimum absolute atomic E-state index is 0.155. The maximum absolute atomic E-state index is 12.9. The number of hydrogen-bond donors (Lipinski definition) is 2. The van der Waals surface area contributed by atoms with E-state index in [4.69, 9.17) is 5.73 Å². The molecule has 0 radical (unpaired) electrons. The summed E-state index contributed by atoms with van der Waals surface area (Å²) in [6.45, 7) is 1.86. The Balaban J connectivity index is 1.32. The van der Waals surface area contributed by atoms with Gasteiger partial charge >= 0.3 is 0 Å². The van der Waals surface area contributed by atoms with Crippen LogP contribution in [0.5, 0.6) is 0 Å². The molecular formula is C21H23N5O2S3. The molecule has 0 saturated heterocycles. The van der Waals surface area contributed by atoms with E-state index in [0.29, 0.717) is 16.6 Å². The van der Waals surface area contributed by atoms with Crippen molar-refractivity contribution < 1.29 is 9.59 Å². The standard InChI is InChI=1S/C21H23N5O2S3/c1-11(19(28)23-20-17(18(22)27)14-5-2-6-15(14)31-20)30-21-25-24-16(26(21)12-7-8-12)10-13-4-3-9-29-13/h3-4,9,11-12H,2,5-8,10H2,1H3,(H2,22,27)(H,23,28)/t11-/m1/s1. The zero-order valence-corrected chi connectivity index (χ0v) is 19.5. The molecule has 0 spiro atoms. The highest BCUT2D eigenvalue weighted by Crippen LogP contribution is 2.41. The SMILES string of the molecule is C[C@@H](Sc1nnc(Cc2cccs2)n1C1CC1)C(=O)Nc1sc2c(c1C(N)=O)CCC2. The molecule has 5 rings (SSSR count). The minimum Gasteiger partial charge on any atom is -0.365 e. The van der Waals surface area contributed by atoms with Gasteiger partial charge in [-0.1, -0.05) is 17.8 Å². The molecule has 1 saturated carbocycles. The summed E-state index contributed by atoms with van der Waals surface area (Å²) in [6.07, 6.45) is 5.82. The number of nitrogens with zero attached hydrogens (tertiary/aromatic N) is 3. The lowest BCUT2D eigenvalue weighted by molar-refractivity contribution is -0.115. The summed E-state index contributed by atoms with van der Waals surface area (Å²) in [6, 6.07) is 4.57. The number of amides is 2. The number of hydrogen-bond acceptors (Lipinski definition) is 7. The highest BCUT2D eigenvalue weighted by molar-refractivity contribution is 8.00. The zero-order valence-electron chi connectivity index (χ0n) is 17.1. The Morgan fingerprint density at radius 2 is 2.19 bits per heavy atom. The second-order valence-electron chi connectivity index (χ2n) is 7.93. The maximum atomic E-state index is 12.9. The molecular weight excluding hydrogens is 450 g/mol. The van der Waals surface area contributed by atoms with E-state index in [1.54, 1.807) is 11.3 Å². The monoisotopic (exact) mass is 473 g/mol. The number of anilines is 1. The maximum Gasteiger partial charge on any atom is 0.251 e. The van der Waals surface area contributed by atoms with Crippen LogP contribution < -0.4 is 11.1 Å². The van der Waals surface area contributed by atoms with Crippen molar-refractivity contribution in [3.8, 4) is 0 Å². The molecule has 31 heavy (non-hydrogen) atoms. The number of aryl methyl sites for hydroxylation is 1. The first-order chi connectivity index (χ1) is 15.0. The molecule has 3 N–H and O–H groups in total. The van der Waals surface area contributed by atoms with Gasteiger partial charge in [0.05, 0.1) is 10.8 Å². The minimum atomic E-state index is -0.471. The van der Waals surface area contributed by atoms with E-state index < -0.39 is 5.91 Å². The second-order valence-corrected chi connectivity index (χ2v) is 11.4. The predicted octanol–water partition coefficient (Wildman–Crippen LogP) is 4.03. The molecule has 1 atom stereocenters. The number of thioether (sulfide) groups is 1. The lowest BCUT2D eigenvalue weighted by Gasteiger charge is -2.13. The van der Waals surface area contributed by atoms with Crippen LogP contribution in [0.15, 0.2) is 22.7 Å². The van der Waals surface area contributed by atoms with Crippen molar-refractivity contribution >= 4 is 51.3 Å². The summed E-state index contributed by atoms with van der Waals surface area (Å²) < 4.78 is 2.20. The number of carbonyl (C=O) groups excluding carboxylic acids is 2. The molecule has 162 valence electrons. The van der Waals surface area contributed by atoms with Crippen molar-refractivity contribution in [2.45, 2.75) is 61.9 Å². The van der Waals surface area contributed by atoms with Crippen molar-refractivity contribution in [1.82, 2.24) is 14.8 Å². The molecule has 2 aliphatic rings. The normalized spacial score (nSPS) is 16.3. The summed E-state index contributed by atoms with van der Waals surface area (Å²) in [5.41, 5.74) is 7.12. The van der Waals surface area contributed by atoms with Gasteiger partial charge in [0.2, 0.25) is 5.91 Å². The molecule has 10 heteroatoms. The summed E-state index contributed by atoms with van der Waals surface area (Å²) >= 11 is 4.61. The number of primary amides is 1. The van der Waals surface area contributed by atoms with Crippen LogP contribution in [0.1, 0.15) is 63.7 Å². The summed E-state index contributed by atoms with van der Waals surface area (Å²) in [5, 5.41) is 14.8. The first kappa shape index (κ1) is 20.7. The lowest BCUT2D eigenvalue weighted by Crippen LogP contribution is -2.24. The van der Waals surface area contributed by atoms with E-state index in [0.717, 1.165) is 59.9 Å². The molecule has 3 aromatic rings. The van der Waals surface area contributed by atoms with Gasteiger partial charge in [-0.15, -0.1) is 32.9 Å². The molecule has 0 aromatic carbocycles. The lowest BCUT2D eigenvalue weighted by atomic mass is 10.1. The van der Waals surface area contributed by atoms with Gasteiger partial charge in [0, 0.05) is 22.2 Å². The van der Waals surface area contributed by atoms with E-state index in [1.165, 1.54) is 28.0 Å². The third kappa shape index (κ3) is 4.16. The number of thiophene rings is 2. The van der Waals surface area contributed by atoms with Crippen molar-refractivity contribution in [3.63, 3.8) is 0 Å². The number of nitrogens with two attached hydrogens (primary N) is 1. The Hall–Kier alpha value is -2.17. The van der Waals surface area contributed by atoms with Crippen LogP contribution in [-0.4, -0.2) is 31.8 Å². The van der Waals surface area contributed by atoms with Crippen LogP contribution in [0.25, 0.3) is 0 Å². The van der Waals surface area contributed by atoms with Gasteiger partial charge in [-0.25, -0.2) is 0 Å². The quantitative estimate of drug-likeness (QED) is 0.481. The van der Waals surface area contributed by atoms with Crippen LogP contribution in [0.3, 0.4) is 0 Å².